The highest BCUT2D eigenvalue weighted by Gasteiger charge is 2.38. The molecule has 1 amide bonds. The maximum absolute atomic E-state index is 14.5. The first-order valence-electron chi connectivity index (χ1n) is 9.06. The van der Waals surface area contributed by atoms with Crippen molar-refractivity contribution in [2.75, 3.05) is 0 Å². The molecule has 10 heteroatoms. The van der Waals surface area contributed by atoms with Gasteiger partial charge in [-0.2, -0.15) is 13.2 Å². The molecule has 1 aliphatic carbocycles. The summed E-state index contributed by atoms with van der Waals surface area (Å²) < 4.78 is 54.5. The van der Waals surface area contributed by atoms with Gasteiger partial charge < -0.3 is 5.32 Å². The van der Waals surface area contributed by atoms with Crippen molar-refractivity contribution in [1.29, 1.82) is 0 Å². The number of aromatic nitrogens is 3. The van der Waals surface area contributed by atoms with E-state index in [4.69, 9.17) is 0 Å². The van der Waals surface area contributed by atoms with Crippen LogP contribution in [0.15, 0.2) is 24.4 Å². The third kappa shape index (κ3) is 3.73. The van der Waals surface area contributed by atoms with E-state index in [1.165, 1.54) is 10.7 Å². The molecular formula is C18H19F4N5O. The Labute approximate surface area is 158 Å². The molecule has 6 nitrogen and oxygen atoms in total. The molecule has 2 heterocycles. The lowest BCUT2D eigenvalue weighted by molar-refractivity contribution is -0.137. The van der Waals surface area contributed by atoms with E-state index in [2.05, 4.69) is 20.9 Å². The van der Waals surface area contributed by atoms with E-state index in [1.54, 1.807) is 13.1 Å². The normalized spacial score (nSPS) is 24.1. The van der Waals surface area contributed by atoms with E-state index < -0.39 is 23.6 Å². The maximum atomic E-state index is 14.5. The van der Waals surface area contributed by atoms with Crippen molar-refractivity contribution in [2.45, 2.75) is 50.6 Å². The SMILES string of the molecule is CC1NC(=O)CC(c2cn(C(c3ccc(C(F)(F)F)cc3F)C3CC3)nn2)N1. The van der Waals surface area contributed by atoms with Crippen LogP contribution >= 0.6 is 0 Å². The predicted octanol–water partition coefficient (Wildman–Crippen LogP) is 2.93. The molecule has 1 saturated carbocycles. The summed E-state index contributed by atoms with van der Waals surface area (Å²) in [5, 5.41) is 14.1. The van der Waals surface area contributed by atoms with Gasteiger partial charge in [0, 0.05) is 12.0 Å². The number of rotatable bonds is 4. The Morgan fingerprint density at radius 1 is 1.29 bits per heavy atom. The third-order valence-corrected chi connectivity index (χ3v) is 5.10. The monoisotopic (exact) mass is 397 g/mol. The molecule has 4 rings (SSSR count). The van der Waals surface area contributed by atoms with Gasteiger partial charge >= 0.3 is 6.18 Å². The Hall–Kier alpha value is -2.49. The lowest BCUT2D eigenvalue weighted by Crippen LogP contribution is -2.51. The van der Waals surface area contributed by atoms with E-state index in [0.717, 1.165) is 18.9 Å². The number of carbonyl (C=O) groups is 1. The van der Waals surface area contributed by atoms with Gasteiger partial charge in [-0.1, -0.05) is 11.3 Å². The summed E-state index contributed by atoms with van der Waals surface area (Å²) in [5.41, 5.74) is -0.316. The number of hydrogen-bond acceptors (Lipinski definition) is 4. The fourth-order valence-electron chi connectivity index (χ4n) is 3.63. The van der Waals surface area contributed by atoms with Crippen molar-refractivity contribution < 1.29 is 22.4 Å². The lowest BCUT2D eigenvalue weighted by atomic mass is 10.00. The Balaban J connectivity index is 1.63. The van der Waals surface area contributed by atoms with Crippen molar-refractivity contribution in [3.63, 3.8) is 0 Å². The summed E-state index contributed by atoms with van der Waals surface area (Å²) in [4.78, 5) is 11.7. The van der Waals surface area contributed by atoms with Crippen LogP contribution in [0, 0.1) is 11.7 Å². The highest BCUT2D eigenvalue weighted by Crippen LogP contribution is 2.44. The van der Waals surface area contributed by atoms with Crippen LogP contribution in [-0.4, -0.2) is 27.1 Å². The van der Waals surface area contributed by atoms with E-state index >= 15 is 0 Å². The van der Waals surface area contributed by atoms with Crippen LogP contribution in [0.5, 0.6) is 0 Å². The van der Waals surface area contributed by atoms with Crippen LogP contribution in [0.3, 0.4) is 0 Å². The predicted molar refractivity (Wildman–Crippen MR) is 90.4 cm³/mol. The molecule has 1 aromatic carbocycles. The molecule has 2 N–H and O–H groups in total. The molecule has 0 spiro atoms. The zero-order chi connectivity index (χ0) is 20.1. The summed E-state index contributed by atoms with van der Waals surface area (Å²) in [7, 11) is 0. The number of halogens is 4. The number of benzene rings is 1. The number of nitrogens with zero attached hydrogens (tertiary/aromatic N) is 3. The molecule has 2 aromatic rings. The number of amides is 1. The fraction of sp³-hybridized carbons (Fsp3) is 0.500. The average molecular weight is 397 g/mol. The van der Waals surface area contributed by atoms with Gasteiger partial charge in [-0.05, 0) is 37.8 Å². The highest BCUT2D eigenvalue weighted by atomic mass is 19.4. The molecule has 2 aliphatic rings. The number of hydrogen-bond donors (Lipinski definition) is 2. The van der Waals surface area contributed by atoms with Crippen molar-refractivity contribution in [3.05, 3.63) is 47.0 Å². The van der Waals surface area contributed by atoms with E-state index in [1.807, 2.05) is 0 Å². The van der Waals surface area contributed by atoms with Crippen molar-refractivity contribution in [3.8, 4) is 0 Å². The molecule has 3 unspecified atom stereocenters. The molecule has 28 heavy (non-hydrogen) atoms. The van der Waals surface area contributed by atoms with Gasteiger partial charge in [0.15, 0.2) is 0 Å². The van der Waals surface area contributed by atoms with E-state index in [9.17, 15) is 22.4 Å². The van der Waals surface area contributed by atoms with Crippen LogP contribution in [0.4, 0.5) is 17.6 Å². The zero-order valence-electron chi connectivity index (χ0n) is 15.0. The topological polar surface area (TPSA) is 71.8 Å². The molecular weight excluding hydrogens is 378 g/mol. The first kappa shape index (κ1) is 18.9. The standard InChI is InChI=1S/C18H19F4N5O/c1-9-23-14(7-16(28)24-9)15-8-27(26-25-15)17(10-2-3-10)12-5-4-11(6-13(12)19)18(20,21)22/h4-6,8-10,14,17,23H,2-3,7H2,1H3,(H,24,28). The summed E-state index contributed by atoms with van der Waals surface area (Å²) >= 11 is 0. The Morgan fingerprint density at radius 3 is 2.64 bits per heavy atom. The van der Waals surface area contributed by atoms with Gasteiger partial charge in [-0.25, -0.2) is 9.07 Å². The van der Waals surface area contributed by atoms with Gasteiger partial charge in [0.05, 0.1) is 30.0 Å². The minimum Gasteiger partial charge on any atom is -0.341 e. The van der Waals surface area contributed by atoms with Crippen LogP contribution in [0.2, 0.25) is 0 Å². The molecule has 1 saturated heterocycles. The van der Waals surface area contributed by atoms with E-state index in [0.29, 0.717) is 11.8 Å². The van der Waals surface area contributed by atoms with Crippen LogP contribution in [-0.2, 0) is 11.0 Å². The second-order valence-electron chi connectivity index (χ2n) is 7.35. The van der Waals surface area contributed by atoms with Gasteiger partial charge in [0.25, 0.3) is 0 Å². The van der Waals surface area contributed by atoms with Crippen LogP contribution in [0.1, 0.15) is 55.1 Å². The number of alkyl halides is 3. The van der Waals surface area contributed by atoms with Crippen molar-refractivity contribution in [1.82, 2.24) is 25.6 Å². The molecule has 1 aliphatic heterocycles. The lowest BCUT2D eigenvalue weighted by Gasteiger charge is -2.27. The molecule has 2 fully saturated rings. The van der Waals surface area contributed by atoms with Gasteiger partial charge in [0.1, 0.15) is 11.5 Å². The number of carbonyl (C=O) groups excluding carboxylic acids is 1. The molecule has 1 aromatic heterocycles. The van der Waals surface area contributed by atoms with Gasteiger partial charge in [-0.3, -0.25) is 10.1 Å². The smallest absolute Gasteiger partial charge is 0.341 e. The fourth-order valence-corrected chi connectivity index (χ4v) is 3.63. The minimum absolute atomic E-state index is 0.0855. The van der Waals surface area contributed by atoms with Gasteiger partial charge in [0.2, 0.25) is 5.91 Å². The molecule has 3 atom stereocenters. The quantitative estimate of drug-likeness (QED) is 0.779. The first-order chi connectivity index (χ1) is 13.2. The zero-order valence-corrected chi connectivity index (χ0v) is 15.0. The summed E-state index contributed by atoms with van der Waals surface area (Å²) in [6, 6.07) is 1.74. The van der Waals surface area contributed by atoms with Crippen LogP contribution in [0.25, 0.3) is 0 Å². The Morgan fingerprint density at radius 2 is 2.04 bits per heavy atom. The second-order valence-corrected chi connectivity index (χ2v) is 7.35. The summed E-state index contributed by atoms with van der Waals surface area (Å²) in [5.74, 6) is -0.937. The minimum atomic E-state index is -4.60. The molecule has 0 radical (unpaired) electrons. The van der Waals surface area contributed by atoms with E-state index in [-0.39, 0.29) is 36.0 Å². The van der Waals surface area contributed by atoms with Crippen molar-refractivity contribution in [2.24, 2.45) is 5.92 Å². The summed E-state index contributed by atoms with van der Waals surface area (Å²) in [6.07, 6.45) is -1.31. The van der Waals surface area contributed by atoms with Crippen LogP contribution < -0.4 is 10.6 Å². The Bertz CT molecular complexity index is 892. The third-order valence-electron chi connectivity index (χ3n) is 5.10. The largest absolute Gasteiger partial charge is 0.416 e. The number of nitrogens with one attached hydrogen (secondary N) is 2. The highest BCUT2D eigenvalue weighted by molar-refractivity contribution is 5.77. The Kier molecular flexibility index (Phi) is 4.60. The summed E-state index contributed by atoms with van der Waals surface area (Å²) in [6.45, 7) is 1.80. The van der Waals surface area contributed by atoms with Gasteiger partial charge in [-0.15, -0.1) is 5.10 Å². The first-order valence-corrected chi connectivity index (χ1v) is 9.06. The van der Waals surface area contributed by atoms with Crippen molar-refractivity contribution >= 4 is 5.91 Å². The molecule has 0 bridgehead atoms. The molecule has 150 valence electrons. The average Bonchev–Trinajstić information content (AvgIpc) is 3.31. The second kappa shape index (κ2) is 6.84. The maximum Gasteiger partial charge on any atom is 0.416 e.